The molecule has 0 aromatic heterocycles. The minimum absolute atomic E-state index is 0. The largest absolute Gasteiger partial charge is 1.00 e. The van der Waals surface area contributed by atoms with Crippen molar-refractivity contribution in [1.29, 1.82) is 0 Å². The van der Waals surface area contributed by atoms with E-state index in [2.05, 4.69) is 33.8 Å². The predicted molar refractivity (Wildman–Crippen MR) is 232 cm³/mol. The molecule has 0 unspecified atom stereocenters. The fourth-order valence-corrected chi connectivity index (χ4v) is 8.38. The van der Waals surface area contributed by atoms with Gasteiger partial charge < -0.3 is 46.0 Å². The second kappa shape index (κ2) is 29.1. The Labute approximate surface area is 374 Å². The number of carbonyl (C=O) groups is 3. The molecule has 0 aromatic carbocycles. The molecular weight excluding hydrogens is 755 g/mol. The molecule has 0 radical (unpaired) electrons. The van der Waals surface area contributed by atoms with E-state index in [0.29, 0.717) is 50.9 Å². The Morgan fingerprint density at radius 2 is 1.75 bits per heavy atom. The molecule has 2 rings (SSSR count). The van der Waals surface area contributed by atoms with Gasteiger partial charge in [-0.15, -0.1) is 6.42 Å². The third kappa shape index (κ3) is 19.8. The van der Waals surface area contributed by atoms with Crippen molar-refractivity contribution >= 4 is 23.8 Å². The first kappa shape index (κ1) is 55.7. The first-order valence-corrected chi connectivity index (χ1v) is 22.2. The second-order valence-electron chi connectivity index (χ2n) is 17.8. The summed E-state index contributed by atoms with van der Waals surface area (Å²) in [6.07, 6.45) is 23.2. The molecular formula is C49H77LiO10-2. The summed E-state index contributed by atoms with van der Waals surface area (Å²) in [5, 5.41) is 31.8. The van der Waals surface area contributed by atoms with Crippen LogP contribution in [0, 0.1) is 48.9 Å². The Bertz CT molecular complexity index is 1420. The Hall–Kier alpha value is -2.29. The summed E-state index contributed by atoms with van der Waals surface area (Å²) >= 11 is 0. The first-order valence-electron chi connectivity index (χ1n) is 22.2. The Balaban J connectivity index is 0.0000180. The molecule has 2 fully saturated rings. The summed E-state index contributed by atoms with van der Waals surface area (Å²) < 4.78 is 17.2. The number of ether oxygens (including phenoxy) is 3. The molecule has 1 saturated carbocycles. The average Bonchev–Trinajstić information content (AvgIpc) is 3.19. The van der Waals surface area contributed by atoms with E-state index in [1.165, 1.54) is 6.29 Å². The smallest absolute Gasteiger partial charge is 0.534 e. The van der Waals surface area contributed by atoms with E-state index in [1.807, 2.05) is 51.2 Å². The maximum Gasteiger partial charge on any atom is 1.00 e. The molecule has 2 aliphatic rings. The van der Waals surface area contributed by atoms with Crippen molar-refractivity contribution in [3.8, 4) is 0 Å². The van der Waals surface area contributed by atoms with Gasteiger partial charge in [0, 0.05) is 25.4 Å². The summed E-state index contributed by atoms with van der Waals surface area (Å²) in [4.78, 5) is 48.7. The van der Waals surface area contributed by atoms with E-state index in [9.17, 15) is 34.5 Å². The molecule has 10 nitrogen and oxygen atoms in total. The van der Waals surface area contributed by atoms with Crippen molar-refractivity contribution in [1.82, 2.24) is 0 Å². The summed E-state index contributed by atoms with van der Waals surface area (Å²) in [5.41, 5.74) is 1.88. The zero-order chi connectivity index (χ0) is 44.1. The number of rotatable bonds is 27. The molecule has 3 N–H and O–H groups in total. The molecule has 0 aromatic rings. The monoisotopic (exact) mass is 833 g/mol. The topological polar surface area (TPSA) is 157 Å². The number of aliphatic hydroxyl groups excluding tert-OH is 2. The van der Waals surface area contributed by atoms with Crippen molar-refractivity contribution in [3.05, 3.63) is 60.9 Å². The number of esters is 1. The zero-order valence-corrected chi connectivity index (χ0v) is 38.4. The molecule has 1 aliphatic carbocycles. The number of allylic oxidation sites excluding steroid dienone is 7. The minimum Gasteiger partial charge on any atom is -0.534 e. The Morgan fingerprint density at radius 1 is 1.03 bits per heavy atom. The van der Waals surface area contributed by atoms with Crippen LogP contribution in [0.5, 0.6) is 0 Å². The van der Waals surface area contributed by atoms with E-state index in [0.717, 1.165) is 56.1 Å². The molecule has 12 atom stereocenters. The molecule has 1 aliphatic heterocycles. The van der Waals surface area contributed by atoms with Gasteiger partial charge in [0.2, 0.25) is 5.79 Å². The van der Waals surface area contributed by atoms with Crippen molar-refractivity contribution in [2.75, 3.05) is 7.11 Å². The third-order valence-electron chi connectivity index (χ3n) is 12.4. The van der Waals surface area contributed by atoms with Crippen LogP contribution in [-0.2, 0) is 33.4 Å². The van der Waals surface area contributed by atoms with E-state index >= 15 is 0 Å². The molecule has 11 heteroatoms. The van der Waals surface area contributed by atoms with Gasteiger partial charge in [0.15, 0.2) is 5.97 Å². The maximum atomic E-state index is 13.1. The van der Waals surface area contributed by atoms with Gasteiger partial charge in [0.25, 0.3) is 0 Å². The number of hydrogen-bond donors (Lipinski definition) is 3. The van der Waals surface area contributed by atoms with Gasteiger partial charge in [-0.2, -0.15) is 19.1 Å². The van der Waals surface area contributed by atoms with Crippen LogP contribution >= 0.6 is 0 Å². The van der Waals surface area contributed by atoms with Crippen LogP contribution < -0.4 is 18.9 Å². The van der Waals surface area contributed by atoms with E-state index in [4.69, 9.17) is 14.2 Å². The van der Waals surface area contributed by atoms with Crippen LogP contribution in [0.2, 0.25) is 0 Å². The number of carbonyl (C=O) groups excluding carboxylic acids is 4. The molecule has 0 amide bonds. The molecule has 336 valence electrons. The van der Waals surface area contributed by atoms with Crippen LogP contribution in [0.15, 0.2) is 47.6 Å². The van der Waals surface area contributed by atoms with Crippen molar-refractivity contribution in [2.45, 2.75) is 181 Å². The summed E-state index contributed by atoms with van der Waals surface area (Å²) in [5.74, 6) is -3.29. The van der Waals surface area contributed by atoms with Gasteiger partial charge in [0.05, 0.1) is 30.2 Å². The third-order valence-corrected chi connectivity index (χ3v) is 12.4. The van der Waals surface area contributed by atoms with Crippen molar-refractivity contribution < 1.29 is 67.6 Å². The van der Waals surface area contributed by atoms with Crippen LogP contribution in [0.25, 0.3) is 0 Å². The van der Waals surface area contributed by atoms with E-state index in [1.54, 1.807) is 20.5 Å². The summed E-state index contributed by atoms with van der Waals surface area (Å²) in [7, 11) is 1.64. The van der Waals surface area contributed by atoms with Gasteiger partial charge in [-0.1, -0.05) is 76.6 Å². The van der Waals surface area contributed by atoms with Crippen LogP contribution in [0.1, 0.15) is 145 Å². The van der Waals surface area contributed by atoms with Gasteiger partial charge in [-0.3, -0.25) is 16.0 Å². The maximum absolute atomic E-state index is 13.1. The van der Waals surface area contributed by atoms with Gasteiger partial charge in [-0.05, 0) is 114 Å². The standard InChI is InChI=1S/C49H77O10.Li/c1-10-11-13-18-48(55)58-45(38(7)29-40-22-25-42(51)46(30-40)57-9)26-20-35(4)28-37(6)44(53)31-43(52)36(5)27-34(3)17-15-12-14-16-33(2)19-23-41-24-21-39(8)49(56,59-41)47(54)32-50;/h12,14-18,28,34-36,38-42,44-46,51,53,56H,1,10-11,13,19-27,29-31H2,2-9H3;/q-3;+1/b14-12+,17-15+,33-16+,37-28+;/t34-,35+,36-,38-,39-,40+,41-,42-,44+,45+,46-,49-;/m1./s1. The number of hydrogen-bond acceptors (Lipinski definition) is 10. The zero-order valence-electron chi connectivity index (χ0n) is 38.4. The molecule has 1 saturated heterocycles. The fraction of sp³-hybridized carbons (Fsp3) is 0.714. The quantitative estimate of drug-likeness (QED) is 0.0179. The second-order valence-corrected chi connectivity index (χ2v) is 17.8. The van der Waals surface area contributed by atoms with Gasteiger partial charge in [0.1, 0.15) is 11.9 Å². The van der Waals surface area contributed by atoms with E-state index in [-0.39, 0.29) is 79.0 Å². The van der Waals surface area contributed by atoms with Crippen molar-refractivity contribution in [3.63, 3.8) is 0 Å². The summed E-state index contributed by atoms with van der Waals surface area (Å²) in [6.45, 7) is 17.6. The van der Waals surface area contributed by atoms with Gasteiger partial charge in [-0.25, -0.2) is 0 Å². The summed E-state index contributed by atoms with van der Waals surface area (Å²) in [6, 6.07) is 0. The molecule has 0 bridgehead atoms. The van der Waals surface area contributed by atoms with Crippen LogP contribution in [0.3, 0.4) is 0 Å². The number of methoxy groups -OCH3 is 1. The Morgan fingerprint density at radius 3 is 2.42 bits per heavy atom. The first-order chi connectivity index (χ1) is 27.9. The normalized spacial score (nSPS) is 27.0. The average molecular weight is 833 g/mol. The molecule has 60 heavy (non-hydrogen) atoms. The van der Waals surface area contributed by atoms with Gasteiger partial charge >= 0.3 is 18.9 Å². The minimum atomic E-state index is -2.09. The number of Topliss-reactive ketones (excluding diaryl/α,β-unsaturated/α-hetero) is 2. The fourth-order valence-electron chi connectivity index (χ4n) is 8.38. The number of unbranched alkanes of at least 4 members (excludes halogenated alkanes) is 2. The van der Waals surface area contributed by atoms with Crippen molar-refractivity contribution in [2.24, 2.45) is 35.5 Å². The van der Waals surface area contributed by atoms with E-state index < -0.39 is 29.7 Å². The Kier molecular flexibility index (Phi) is 27.1. The van der Waals surface area contributed by atoms with Crippen LogP contribution in [0.4, 0.5) is 0 Å². The number of ketones is 2. The SMILES string of the molecule is [CH2-]CCC[CH-]C(=O)O[C@@H](CC[C@H](C)/C=C(\C)[C@@H](O)CC(=O)[C@H](C)C[C@H](C)/C=C/C=C/C=C(\C)CC[C@@H]1CC[C@@H](C)[C@](O)(C(=O)[C-]=O)O1)[C@H](C)C[C@@H]1CC[C@@H](O)[C@H](OC)C1.[Li+]. The predicted octanol–water partition coefficient (Wildman–Crippen LogP) is 5.68. The van der Waals surface area contributed by atoms with Crippen LogP contribution in [-0.4, -0.2) is 82.6 Å². The molecule has 1 heterocycles. The molecule has 0 spiro atoms. The number of aliphatic hydroxyl groups is 3.